The fraction of sp³-hybridized carbons (Fsp3) is 0.286. The van der Waals surface area contributed by atoms with E-state index in [9.17, 15) is 22.8 Å². The average molecular weight is 537 g/mol. The molecule has 39 heavy (non-hydrogen) atoms. The number of amides is 1. The van der Waals surface area contributed by atoms with Crippen molar-refractivity contribution in [1.29, 1.82) is 5.26 Å². The molecule has 1 aliphatic carbocycles. The highest BCUT2D eigenvalue weighted by Crippen LogP contribution is 2.31. The minimum absolute atomic E-state index is 0.0417. The molecule has 0 atom stereocenters. The van der Waals surface area contributed by atoms with Crippen LogP contribution < -0.4 is 15.9 Å². The summed E-state index contributed by atoms with van der Waals surface area (Å²) >= 11 is 0. The zero-order chi connectivity index (χ0) is 28.3. The zero-order valence-electron chi connectivity index (χ0n) is 21.5. The fourth-order valence-corrected chi connectivity index (χ4v) is 4.83. The average Bonchev–Trinajstić information content (AvgIpc) is 3.52. The molecular formula is C28H27F3N6O2. The number of aromatic nitrogens is 2. The van der Waals surface area contributed by atoms with E-state index in [-0.39, 0.29) is 29.0 Å². The van der Waals surface area contributed by atoms with Crippen LogP contribution in [0.1, 0.15) is 48.2 Å². The predicted molar refractivity (Wildman–Crippen MR) is 142 cm³/mol. The fourth-order valence-electron chi connectivity index (χ4n) is 4.83. The van der Waals surface area contributed by atoms with E-state index >= 15 is 0 Å². The minimum atomic E-state index is -4.62. The van der Waals surface area contributed by atoms with Crippen molar-refractivity contribution in [1.82, 2.24) is 14.5 Å². The second-order valence-electron chi connectivity index (χ2n) is 9.12. The summed E-state index contributed by atoms with van der Waals surface area (Å²) in [6.45, 7) is 5.39. The van der Waals surface area contributed by atoms with Crippen LogP contribution in [0.5, 0.6) is 0 Å². The van der Waals surface area contributed by atoms with Crippen molar-refractivity contribution in [2.75, 3.05) is 11.9 Å². The van der Waals surface area contributed by atoms with Crippen LogP contribution in [-0.4, -0.2) is 34.1 Å². The predicted octanol–water partition coefficient (Wildman–Crippen LogP) is 5.36. The van der Waals surface area contributed by atoms with Gasteiger partial charge in [-0.1, -0.05) is 25.5 Å². The lowest BCUT2D eigenvalue weighted by molar-refractivity contribution is -0.137. The molecule has 0 bridgehead atoms. The van der Waals surface area contributed by atoms with E-state index in [1.54, 1.807) is 36.1 Å². The van der Waals surface area contributed by atoms with E-state index in [4.69, 9.17) is 5.26 Å². The first-order valence-electron chi connectivity index (χ1n) is 12.3. The van der Waals surface area contributed by atoms with Gasteiger partial charge in [0.1, 0.15) is 5.69 Å². The highest BCUT2D eigenvalue weighted by Gasteiger charge is 2.33. The van der Waals surface area contributed by atoms with Crippen LogP contribution in [0.2, 0.25) is 0 Å². The highest BCUT2D eigenvalue weighted by atomic mass is 19.4. The number of carbonyl (C=O) groups excluding carboxylic acids is 1. The third-order valence-corrected chi connectivity index (χ3v) is 6.71. The van der Waals surface area contributed by atoms with Gasteiger partial charge in [0, 0.05) is 25.0 Å². The number of rotatable bonds is 5. The molecule has 8 nitrogen and oxygen atoms in total. The molecular weight excluding hydrogens is 509 g/mol. The molecule has 1 fully saturated rings. The van der Waals surface area contributed by atoms with Crippen LogP contribution >= 0.6 is 0 Å². The smallest absolute Gasteiger partial charge is 0.335 e. The lowest BCUT2D eigenvalue weighted by Gasteiger charge is -2.23. The molecule has 0 spiro atoms. The van der Waals surface area contributed by atoms with Crippen molar-refractivity contribution >= 4 is 17.6 Å². The number of anilines is 1. The monoisotopic (exact) mass is 536 g/mol. The Morgan fingerprint density at radius 2 is 1.87 bits per heavy atom. The summed E-state index contributed by atoms with van der Waals surface area (Å²) in [5.41, 5.74) is -0.516. The molecule has 1 aliphatic rings. The zero-order valence-corrected chi connectivity index (χ0v) is 21.5. The lowest BCUT2D eigenvalue weighted by atomic mass is 10.1. The number of nitrogens with one attached hydrogen (secondary N) is 1. The molecule has 0 saturated heterocycles. The van der Waals surface area contributed by atoms with Crippen molar-refractivity contribution in [2.24, 2.45) is 4.99 Å². The largest absolute Gasteiger partial charge is 0.416 e. The molecule has 0 unspecified atom stereocenters. The molecule has 202 valence electrons. The molecule has 1 amide bonds. The highest BCUT2D eigenvalue weighted by molar-refractivity contribution is 6.12. The molecule has 1 saturated carbocycles. The maximum absolute atomic E-state index is 13.8. The number of benzene rings is 2. The second kappa shape index (κ2) is 11.0. The molecule has 4 rings (SSSR count). The molecule has 2 aromatic carbocycles. The van der Waals surface area contributed by atoms with Crippen molar-refractivity contribution in [3.05, 3.63) is 94.3 Å². The first-order chi connectivity index (χ1) is 18.6. The number of hydrogen-bond donors (Lipinski definition) is 1. The van der Waals surface area contributed by atoms with Gasteiger partial charge < -0.3 is 10.2 Å². The molecule has 1 heterocycles. The van der Waals surface area contributed by atoms with Crippen molar-refractivity contribution in [3.63, 3.8) is 0 Å². The molecule has 11 heteroatoms. The van der Waals surface area contributed by atoms with Gasteiger partial charge in [0.05, 0.1) is 28.6 Å². The van der Waals surface area contributed by atoms with E-state index in [0.717, 1.165) is 47.0 Å². The Morgan fingerprint density at radius 3 is 2.44 bits per heavy atom. The maximum Gasteiger partial charge on any atom is 0.416 e. The number of aliphatic imine (C=N–C) groups is 1. The topological polar surface area (TPSA) is 95.4 Å². The number of halogens is 3. The molecule has 0 aliphatic heterocycles. The summed E-state index contributed by atoms with van der Waals surface area (Å²) < 4.78 is 42.4. The first-order valence-corrected chi connectivity index (χ1v) is 12.3. The van der Waals surface area contributed by atoms with Crippen LogP contribution in [0, 0.1) is 18.3 Å². The van der Waals surface area contributed by atoms with Crippen LogP contribution in [-0.2, 0) is 6.18 Å². The first kappa shape index (κ1) is 27.4. The van der Waals surface area contributed by atoms with E-state index in [1.165, 1.54) is 25.4 Å². The van der Waals surface area contributed by atoms with E-state index in [2.05, 4.69) is 16.9 Å². The van der Waals surface area contributed by atoms with Crippen molar-refractivity contribution < 1.29 is 18.0 Å². The Bertz CT molecular complexity index is 1520. The number of hydrogen-bond acceptors (Lipinski definition) is 4. The third kappa shape index (κ3) is 5.36. The standard InChI is InChI=1S/C28H27F3N6O2/c1-4-35(22-14-12-19(17-32)13-15-22)25(33-3)24-18(2)36(23-11-7-8-20(16-23)28(29,30)31)27(39)37(24)26(38)34-21-9-5-6-10-21/h4,7-8,11-16,21H,1,5-6,9-10H2,2-3H3,(H,34,38)/b33-25+. The van der Waals surface area contributed by atoms with Gasteiger partial charge in [0.15, 0.2) is 5.84 Å². The van der Waals surface area contributed by atoms with Crippen molar-refractivity contribution in [3.8, 4) is 11.8 Å². The van der Waals surface area contributed by atoms with Gasteiger partial charge in [-0.2, -0.15) is 18.4 Å². The number of nitriles is 1. The summed E-state index contributed by atoms with van der Waals surface area (Å²) in [5.74, 6) is 0.164. The minimum Gasteiger partial charge on any atom is -0.335 e. The normalized spacial score (nSPS) is 14.2. The van der Waals surface area contributed by atoms with E-state index in [1.807, 2.05) is 6.07 Å². The molecule has 1 N–H and O–H groups in total. The van der Waals surface area contributed by atoms with Gasteiger partial charge in [-0.15, -0.1) is 0 Å². The van der Waals surface area contributed by atoms with E-state index < -0.39 is 23.5 Å². The quantitative estimate of drug-likeness (QED) is 0.351. The van der Waals surface area contributed by atoms with Gasteiger partial charge in [0.2, 0.25) is 0 Å². The molecule has 1 aromatic heterocycles. The summed E-state index contributed by atoms with van der Waals surface area (Å²) in [6, 6.07) is 12.1. The van der Waals surface area contributed by atoms with Crippen LogP contribution in [0.4, 0.5) is 23.7 Å². The van der Waals surface area contributed by atoms with Crippen LogP contribution in [0.3, 0.4) is 0 Å². The Kier molecular flexibility index (Phi) is 7.76. The second-order valence-corrected chi connectivity index (χ2v) is 9.12. The van der Waals surface area contributed by atoms with Gasteiger partial charge in [0.25, 0.3) is 0 Å². The lowest BCUT2D eigenvalue weighted by Crippen LogP contribution is -2.43. The van der Waals surface area contributed by atoms with Crippen LogP contribution in [0.25, 0.3) is 5.69 Å². The molecule has 0 radical (unpaired) electrons. The number of imidazole rings is 1. The van der Waals surface area contributed by atoms with Crippen LogP contribution in [0.15, 0.2) is 71.1 Å². The van der Waals surface area contributed by atoms with E-state index in [0.29, 0.717) is 11.3 Å². The maximum atomic E-state index is 13.8. The number of carbonyl (C=O) groups is 1. The van der Waals surface area contributed by atoms with Gasteiger partial charge in [-0.05, 0) is 62.2 Å². The van der Waals surface area contributed by atoms with Gasteiger partial charge >= 0.3 is 17.9 Å². The summed E-state index contributed by atoms with van der Waals surface area (Å²) in [5, 5.41) is 12.0. The summed E-state index contributed by atoms with van der Waals surface area (Å²) in [7, 11) is 1.47. The Labute approximate surface area is 223 Å². The number of nitrogens with zero attached hydrogens (tertiary/aromatic N) is 5. The SMILES string of the molecule is C=CN(/C(=N/C)c1c(C)n(-c2cccc(C(F)(F)F)c2)c(=O)n1C(=O)NC1CCCC1)c1ccc(C#N)cc1. The summed E-state index contributed by atoms with van der Waals surface area (Å²) in [4.78, 5) is 33.2. The Morgan fingerprint density at radius 1 is 1.21 bits per heavy atom. The molecule has 3 aromatic rings. The summed E-state index contributed by atoms with van der Waals surface area (Å²) in [6.07, 6.45) is 0.242. The van der Waals surface area contributed by atoms with Crippen molar-refractivity contribution in [2.45, 2.75) is 44.8 Å². The van der Waals surface area contributed by atoms with Gasteiger partial charge in [-0.25, -0.2) is 14.2 Å². The van der Waals surface area contributed by atoms with Gasteiger partial charge in [-0.3, -0.25) is 9.56 Å². The Balaban J connectivity index is 1.93. The Hall–Kier alpha value is -4.59. The number of alkyl halides is 3. The third-order valence-electron chi connectivity index (χ3n) is 6.71. The number of amidine groups is 1.